The topological polar surface area (TPSA) is 32.8 Å². The second kappa shape index (κ2) is 6.18. The van der Waals surface area contributed by atoms with Crippen LogP contribution in [-0.2, 0) is 6.54 Å². The minimum atomic E-state index is -2.52. The molecule has 4 rings (SSSR count). The van der Waals surface area contributed by atoms with Gasteiger partial charge in [-0.15, -0.1) is 9.34 Å². The van der Waals surface area contributed by atoms with Gasteiger partial charge >= 0.3 is 0 Å². The Kier molecular flexibility index (Phi) is 4.23. The van der Waals surface area contributed by atoms with Gasteiger partial charge in [-0.05, 0) is 31.2 Å². The van der Waals surface area contributed by atoms with Gasteiger partial charge in [0.1, 0.15) is 0 Å². The first kappa shape index (κ1) is 15.0. The highest BCUT2D eigenvalue weighted by Gasteiger charge is 2.58. The molecule has 0 N–H and O–H groups in total. The van der Waals surface area contributed by atoms with Gasteiger partial charge in [0, 0.05) is 19.6 Å². The van der Waals surface area contributed by atoms with Crippen molar-refractivity contribution in [3.63, 3.8) is 0 Å². The van der Waals surface area contributed by atoms with Gasteiger partial charge < -0.3 is 4.89 Å². The number of hydrogen-bond acceptors (Lipinski definition) is 4. The minimum absolute atomic E-state index is 0.511. The molecule has 22 heavy (non-hydrogen) atoms. The van der Waals surface area contributed by atoms with Crippen molar-refractivity contribution in [1.29, 1.82) is 0 Å². The zero-order valence-electron chi connectivity index (χ0n) is 13.2. The van der Waals surface area contributed by atoms with Crippen LogP contribution < -0.4 is 4.89 Å². The van der Waals surface area contributed by atoms with Crippen LogP contribution in [-0.4, -0.2) is 46.2 Å². The van der Waals surface area contributed by atoms with E-state index in [4.69, 9.17) is 0 Å². The van der Waals surface area contributed by atoms with Gasteiger partial charge in [0.15, 0.2) is 7.94 Å². The second-order valence-corrected chi connectivity index (χ2v) is 9.49. The van der Waals surface area contributed by atoms with E-state index in [9.17, 15) is 4.89 Å². The second-order valence-electron chi connectivity index (χ2n) is 6.82. The van der Waals surface area contributed by atoms with Crippen molar-refractivity contribution >= 4 is 7.94 Å². The Hall–Kier alpha value is -0.510. The Bertz CT molecular complexity index is 508. The van der Waals surface area contributed by atoms with Crippen LogP contribution in [0.4, 0.5) is 0 Å². The first-order chi connectivity index (χ1) is 10.8. The Morgan fingerprint density at radius 2 is 1.77 bits per heavy atom. The van der Waals surface area contributed by atoms with Crippen LogP contribution in [0.2, 0.25) is 0 Å². The number of nitrogens with zero attached hydrogens (tertiary/aromatic N) is 3. The highest BCUT2D eigenvalue weighted by Crippen LogP contribution is 2.67. The maximum Gasteiger partial charge on any atom is 0.186 e. The van der Waals surface area contributed by atoms with Crippen molar-refractivity contribution in [2.45, 2.75) is 44.7 Å². The van der Waals surface area contributed by atoms with Crippen molar-refractivity contribution in [2.75, 3.05) is 26.2 Å². The fourth-order valence-corrected chi connectivity index (χ4v) is 7.87. The summed E-state index contributed by atoms with van der Waals surface area (Å²) in [6.45, 7) is 4.82. The third-order valence-electron chi connectivity index (χ3n) is 5.38. The summed E-state index contributed by atoms with van der Waals surface area (Å²) in [5, 5.41) is 0. The Morgan fingerprint density at radius 3 is 2.55 bits per heavy atom. The summed E-state index contributed by atoms with van der Waals surface area (Å²) in [7, 11) is -2.52. The molecule has 5 heteroatoms. The molecule has 3 fully saturated rings. The fourth-order valence-electron chi connectivity index (χ4n) is 4.29. The van der Waals surface area contributed by atoms with Crippen LogP contribution in [0.5, 0.6) is 0 Å². The molecule has 0 spiro atoms. The van der Waals surface area contributed by atoms with Crippen LogP contribution >= 0.6 is 7.94 Å². The first-order valence-corrected chi connectivity index (χ1v) is 10.3. The summed E-state index contributed by atoms with van der Waals surface area (Å²) >= 11 is 0. The van der Waals surface area contributed by atoms with Crippen molar-refractivity contribution in [2.24, 2.45) is 0 Å². The Balaban J connectivity index is 1.60. The van der Waals surface area contributed by atoms with E-state index in [-0.39, 0.29) is 0 Å². The molecule has 1 unspecified atom stereocenters. The van der Waals surface area contributed by atoms with Crippen LogP contribution in [0.3, 0.4) is 0 Å². The molecule has 2 atom stereocenters. The molecule has 4 nitrogen and oxygen atoms in total. The Labute approximate surface area is 134 Å². The summed E-state index contributed by atoms with van der Waals surface area (Å²) in [6, 6.07) is 11.0. The van der Waals surface area contributed by atoms with Crippen LogP contribution in [0, 0.1) is 0 Å². The lowest BCUT2D eigenvalue weighted by atomic mass is 10.2. The Morgan fingerprint density at radius 1 is 1.00 bits per heavy atom. The summed E-state index contributed by atoms with van der Waals surface area (Å²) in [6.07, 6.45) is 6.10. The first-order valence-electron chi connectivity index (χ1n) is 8.70. The van der Waals surface area contributed by atoms with Gasteiger partial charge in [0.2, 0.25) is 0 Å². The molecule has 1 aromatic carbocycles. The predicted molar refractivity (Wildman–Crippen MR) is 88.9 cm³/mol. The third-order valence-corrected chi connectivity index (χ3v) is 8.75. The number of hydrogen-bond donors (Lipinski definition) is 0. The molecule has 1 aromatic rings. The van der Waals surface area contributed by atoms with Crippen LogP contribution in [0.25, 0.3) is 0 Å². The van der Waals surface area contributed by atoms with E-state index >= 15 is 0 Å². The fraction of sp³-hybridized carbons (Fsp3) is 0.647. The molecule has 120 valence electrons. The van der Waals surface area contributed by atoms with Gasteiger partial charge in [-0.1, -0.05) is 36.8 Å². The average molecular weight is 319 g/mol. The van der Waals surface area contributed by atoms with E-state index in [0.29, 0.717) is 6.04 Å². The molecule has 0 aliphatic carbocycles. The molecule has 3 heterocycles. The molecular weight excluding hydrogens is 293 g/mol. The highest BCUT2D eigenvalue weighted by atomic mass is 31.2. The quantitative estimate of drug-likeness (QED) is 0.802. The van der Waals surface area contributed by atoms with Crippen molar-refractivity contribution in [3.05, 3.63) is 35.9 Å². The highest BCUT2D eigenvalue weighted by molar-refractivity contribution is 7.62. The van der Waals surface area contributed by atoms with Gasteiger partial charge in [-0.25, -0.2) is 0 Å². The predicted octanol–water partition coefficient (Wildman–Crippen LogP) is 2.49. The summed E-state index contributed by atoms with van der Waals surface area (Å²) in [4.78, 5) is 14.1. The maximum absolute atomic E-state index is 14.1. The standard InChI is InChI=1S/C17H26N3OP/c21-22(18-11-5-2-6-12-18)19(14-16-8-3-1-4-9-16)15-17-10-7-13-20(17)22/h1,3-4,8-9,17H,2,5-7,10-15H2/t17-,22?/m0/s1. The molecule has 3 aliphatic rings. The van der Waals surface area contributed by atoms with E-state index in [1.165, 1.54) is 37.7 Å². The monoisotopic (exact) mass is 319 g/mol. The lowest BCUT2D eigenvalue weighted by Crippen LogP contribution is -2.46. The lowest BCUT2D eigenvalue weighted by molar-refractivity contribution is -0.205. The third kappa shape index (κ3) is 2.51. The summed E-state index contributed by atoms with van der Waals surface area (Å²) < 4.78 is 6.99. The SMILES string of the molecule is [O-][P+]1(N2CCCCC2)N(Cc2ccccc2)C[C@@H]2CCCN21. The van der Waals surface area contributed by atoms with E-state index in [2.05, 4.69) is 44.3 Å². The summed E-state index contributed by atoms with van der Waals surface area (Å²) in [5.74, 6) is 0. The molecular formula is C17H26N3OP. The number of rotatable bonds is 3. The van der Waals surface area contributed by atoms with Gasteiger partial charge in [-0.3, -0.25) is 0 Å². The number of benzene rings is 1. The summed E-state index contributed by atoms with van der Waals surface area (Å²) in [5.41, 5.74) is 1.28. The van der Waals surface area contributed by atoms with E-state index < -0.39 is 7.94 Å². The van der Waals surface area contributed by atoms with E-state index in [0.717, 1.165) is 32.7 Å². The van der Waals surface area contributed by atoms with Crippen LogP contribution in [0.1, 0.15) is 37.7 Å². The normalized spacial score (nSPS) is 34.1. The minimum Gasteiger partial charge on any atom is -0.636 e. The molecule has 0 bridgehead atoms. The molecule has 0 amide bonds. The zero-order chi connectivity index (χ0) is 15.0. The van der Waals surface area contributed by atoms with Gasteiger partial charge in [0.05, 0.1) is 19.1 Å². The van der Waals surface area contributed by atoms with Crippen LogP contribution in [0.15, 0.2) is 30.3 Å². The van der Waals surface area contributed by atoms with Crippen molar-refractivity contribution < 1.29 is 4.89 Å². The van der Waals surface area contributed by atoms with Gasteiger partial charge in [-0.2, -0.15) is 4.67 Å². The molecule has 0 aromatic heterocycles. The maximum atomic E-state index is 14.1. The number of fused-ring (bicyclic) bond motifs is 1. The smallest absolute Gasteiger partial charge is 0.186 e. The van der Waals surface area contributed by atoms with Crippen molar-refractivity contribution in [3.8, 4) is 0 Å². The molecule has 3 saturated heterocycles. The van der Waals surface area contributed by atoms with E-state index in [1.54, 1.807) is 0 Å². The molecule has 0 saturated carbocycles. The average Bonchev–Trinajstić information content (AvgIpc) is 3.13. The largest absolute Gasteiger partial charge is 0.636 e. The lowest BCUT2D eigenvalue weighted by Gasteiger charge is -2.46. The van der Waals surface area contributed by atoms with E-state index in [1.807, 2.05) is 0 Å². The number of piperidine rings is 1. The molecule has 0 radical (unpaired) electrons. The zero-order valence-corrected chi connectivity index (χ0v) is 14.1. The van der Waals surface area contributed by atoms with Gasteiger partial charge in [0.25, 0.3) is 0 Å². The van der Waals surface area contributed by atoms with Crippen molar-refractivity contribution in [1.82, 2.24) is 14.0 Å². The molecule has 3 aliphatic heterocycles.